The standard InChI is InChI=1S/C13H23N3OS/c1-8(2)14-13(18)16-15-12(17)7-11-6-9-3-4-10(11)5-9/h8-11H,3-7H2,1-2H3,(H,15,17)(H2,14,16,18)/t9-,10+,11+/m1/s1. The Morgan fingerprint density at radius 3 is 2.61 bits per heavy atom. The highest BCUT2D eigenvalue weighted by molar-refractivity contribution is 7.80. The SMILES string of the molecule is CC(C)NC(=S)NNC(=O)C[C@@H]1C[C@@H]2CC[C@H]1C2. The minimum atomic E-state index is 0.0560. The number of hydrazine groups is 1. The van der Waals surface area contributed by atoms with Crippen molar-refractivity contribution >= 4 is 23.2 Å². The molecule has 4 nitrogen and oxygen atoms in total. The summed E-state index contributed by atoms with van der Waals surface area (Å²) in [4.78, 5) is 11.8. The summed E-state index contributed by atoms with van der Waals surface area (Å²) in [5.74, 6) is 2.34. The van der Waals surface area contributed by atoms with Crippen molar-refractivity contribution in [2.75, 3.05) is 0 Å². The smallest absolute Gasteiger partial charge is 0.238 e. The van der Waals surface area contributed by atoms with E-state index in [1.165, 1.54) is 25.7 Å². The van der Waals surface area contributed by atoms with Crippen molar-refractivity contribution in [1.29, 1.82) is 0 Å². The van der Waals surface area contributed by atoms with Crippen LogP contribution >= 0.6 is 12.2 Å². The molecule has 18 heavy (non-hydrogen) atoms. The fraction of sp³-hybridized carbons (Fsp3) is 0.846. The van der Waals surface area contributed by atoms with Gasteiger partial charge in [0, 0.05) is 12.5 Å². The Balaban J connectivity index is 1.65. The van der Waals surface area contributed by atoms with Crippen molar-refractivity contribution in [2.24, 2.45) is 17.8 Å². The van der Waals surface area contributed by atoms with Gasteiger partial charge < -0.3 is 5.32 Å². The zero-order valence-electron chi connectivity index (χ0n) is 11.2. The van der Waals surface area contributed by atoms with E-state index in [-0.39, 0.29) is 11.9 Å². The first-order chi connectivity index (χ1) is 8.54. The van der Waals surface area contributed by atoms with Gasteiger partial charge in [0.1, 0.15) is 0 Å². The number of nitrogens with one attached hydrogen (secondary N) is 3. The number of amides is 1. The van der Waals surface area contributed by atoms with E-state index in [2.05, 4.69) is 16.2 Å². The van der Waals surface area contributed by atoms with E-state index in [0.29, 0.717) is 17.5 Å². The summed E-state index contributed by atoms with van der Waals surface area (Å²) >= 11 is 5.05. The third kappa shape index (κ3) is 3.57. The van der Waals surface area contributed by atoms with Crippen LogP contribution in [0.2, 0.25) is 0 Å². The van der Waals surface area contributed by atoms with Crippen molar-refractivity contribution < 1.29 is 4.79 Å². The highest BCUT2D eigenvalue weighted by atomic mass is 32.1. The van der Waals surface area contributed by atoms with Crippen LogP contribution in [0.25, 0.3) is 0 Å². The van der Waals surface area contributed by atoms with Crippen molar-refractivity contribution in [3.8, 4) is 0 Å². The number of fused-ring (bicyclic) bond motifs is 2. The van der Waals surface area contributed by atoms with Gasteiger partial charge in [0.05, 0.1) is 0 Å². The summed E-state index contributed by atoms with van der Waals surface area (Å²) in [5, 5.41) is 3.50. The average Bonchev–Trinajstić information content (AvgIpc) is 2.87. The first-order valence-electron chi connectivity index (χ1n) is 6.90. The Hall–Kier alpha value is -0.840. The van der Waals surface area contributed by atoms with Crippen LogP contribution in [-0.2, 0) is 4.79 Å². The van der Waals surface area contributed by atoms with Gasteiger partial charge >= 0.3 is 0 Å². The second-order valence-corrected chi connectivity index (χ2v) is 6.35. The molecule has 3 atom stereocenters. The van der Waals surface area contributed by atoms with E-state index < -0.39 is 0 Å². The molecule has 0 aromatic heterocycles. The summed E-state index contributed by atoms with van der Waals surface area (Å²) in [6.07, 6.45) is 5.93. The van der Waals surface area contributed by atoms with Crippen molar-refractivity contribution in [1.82, 2.24) is 16.2 Å². The Morgan fingerprint density at radius 1 is 1.28 bits per heavy atom. The Labute approximate surface area is 114 Å². The highest BCUT2D eigenvalue weighted by Crippen LogP contribution is 2.49. The van der Waals surface area contributed by atoms with Gasteiger partial charge in [-0.15, -0.1) is 0 Å². The van der Waals surface area contributed by atoms with Gasteiger partial charge in [-0.3, -0.25) is 15.6 Å². The van der Waals surface area contributed by atoms with Gasteiger partial charge in [-0.25, -0.2) is 0 Å². The topological polar surface area (TPSA) is 53.2 Å². The first-order valence-corrected chi connectivity index (χ1v) is 7.30. The lowest BCUT2D eigenvalue weighted by molar-refractivity contribution is -0.122. The van der Waals surface area contributed by atoms with E-state index in [1.807, 2.05) is 13.8 Å². The molecular formula is C13H23N3OS. The summed E-state index contributed by atoms with van der Waals surface area (Å²) < 4.78 is 0. The van der Waals surface area contributed by atoms with Crippen LogP contribution in [0, 0.1) is 17.8 Å². The fourth-order valence-electron chi connectivity index (χ4n) is 3.34. The molecular weight excluding hydrogens is 246 g/mol. The van der Waals surface area contributed by atoms with E-state index >= 15 is 0 Å². The molecule has 2 rings (SSSR count). The molecule has 3 N–H and O–H groups in total. The Morgan fingerprint density at radius 2 is 2.06 bits per heavy atom. The zero-order valence-corrected chi connectivity index (χ0v) is 12.0. The minimum absolute atomic E-state index is 0.0560. The van der Waals surface area contributed by atoms with Crippen LogP contribution in [0.3, 0.4) is 0 Å². The normalized spacial score (nSPS) is 29.4. The number of thiocarbonyl (C=S) groups is 1. The van der Waals surface area contributed by atoms with Crippen molar-refractivity contribution in [2.45, 2.75) is 52.0 Å². The van der Waals surface area contributed by atoms with Gasteiger partial charge in [-0.1, -0.05) is 6.42 Å². The van der Waals surface area contributed by atoms with Crippen molar-refractivity contribution in [3.63, 3.8) is 0 Å². The van der Waals surface area contributed by atoms with E-state index in [1.54, 1.807) is 0 Å². The van der Waals surface area contributed by atoms with Crippen molar-refractivity contribution in [3.05, 3.63) is 0 Å². The molecule has 0 aliphatic heterocycles. The minimum Gasteiger partial charge on any atom is -0.359 e. The summed E-state index contributed by atoms with van der Waals surface area (Å²) in [7, 11) is 0. The number of carbonyl (C=O) groups is 1. The maximum Gasteiger partial charge on any atom is 0.238 e. The van der Waals surface area contributed by atoms with E-state index in [4.69, 9.17) is 12.2 Å². The molecule has 2 saturated carbocycles. The van der Waals surface area contributed by atoms with Gasteiger partial charge in [0.15, 0.2) is 5.11 Å². The molecule has 0 spiro atoms. The molecule has 2 aliphatic carbocycles. The predicted octanol–water partition coefficient (Wildman–Crippen LogP) is 1.72. The highest BCUT2D eigenvalue weighted by Gasteiger charge is 2.40. The Bertz CT molecular complexity index is 332. The molecule has 1 amide bonds. The maximum atomic E-state index is 11.8. The van der Waals surface area contributed by atoms with E-state index in [9.17, 15) is 4.79 Å². The second-order valence-electron chi connectivity index (χ2n) is 5.94. The van der Waals surface area contributed by atoms with E-state index in [0.717, 1.165) is 11.8 Å². The lowest BCUT2D eigenvalue weighted by Crippen LogP contribution is -2.48. The second kappa shape index (κ2) is 5.87. The summed E-state index contributed by atoms with van der Waals surface area (Å²) in [6, 6.07) is 0.271. The maximum absolute atomic E-state index is 11.8. The molecule has 102 valence electrons. The van der Waals surface area contributed by atoms with Crippen LogP contribution in [0.5, 0.6) is 0 Å². The van der Waals surface area contributed by atoms with Gasteiger partial charge in [0.2, 0.25) is 5.91 Å². The number of carbonyl (C=O) groups excluding carboxylic acids is 1. The third-order valence-electron chi connectivity index (χ3n) is 4.07. The number of hydrogen-bond donors (Lipinski definition) is 3. The molecule has 0 saturated heterocycles. The number of hydrogen-bond acceptors (Lipinski definition) is 2. The summed E-state index contributed by atoms with van der Waals surface area (Å²) in [5.41, 5.74) is 5.43. The fourth-order valence-corrected chi connectivity index (χ4v) is 3.63. The van der Waals surface area contributed by atoms with Crippen LogP contribution < -0.4 is 16.2 Å². The largest absolute Gasteiger partial charge is 0.359 e. The van der Waals surface area contributed by atoms with Gasteiger partial charge in [0.25, 0.3) is 0 Å². The molecule has 0 aromatic rings. The average molecular weight is 269 g/mol. The Kier molecular flexibility index (Phi) is 4.43. The van der Waals surface area contributed by atoms with Crippen LogP contribution in [0.15, 0.2) is 0 Å². The molecule has 0 unspecified atom stereocenters. The molecule has 2 aliphatic rings. The molecule has 5 heteroatoms. The van der Waals surface area contributed by atoms with Gasteiger partial charge in [-0.2, -0.15) is 0 Å². The van der Waals surface area contributed by atoms with Crippen LogP contribution in [-0.4, -0.2) is 17.1 Å². The molecule has 0 radical (unpaired) electrons. The summed E-state index contributed by atoms with van der Waals surface area (Å²) in [6.45, 7) is 4.01. The number of rotatable bonds is 3. The van der Waals surface area contributed by atoms with Gasteiger partial charge in [-0.05, 0) is 63.1 Å². The third-order valence-corrected chi connectivity index (χ3v) is 4.29. The quantitative estimate of drug-likeness (QED) is 0.539. The predicted molar refractivity (Wildman–Crippen MR) is 75.7 cm³/mol. The lowest BCUT2D eigenvalue weighted by Gasteiger charge is -2.21. The molecule has 2 bridgehead atoms. The monoisotopic (exact) mass is 269 g/mol. The molecule has 0 heterocycles. The van der Waals surface area contributed by atoms with Crippen LogP contribution in [0.1, 0.15) is 46.0 Å². The van der Waals surface area contributed by atoms with Crippen LogP contribution in [0.4, 0.5) is 0 Å². The molecule has 2 fully saturated rings. The first kappa shape index (κ1) is 13.6. The zero-order chi connectivity index (χ0) is 13.1. The lowest BCUT2D eigenvalue weighted by atomic mass is 9.86. The molecule has 0 aromatic carbocycles.